The molecule has 2 heterocycles. The van der Waals surface area contributed by atoms with Crippen molar-refractivity contribution in [3.63, 3.8) is 0 Å². The lowest BCUT2D eigenvalue weighted by Crippen LogP contribution is -2.55. The third-order valence-electron chi connectivity index (χ3n) is 5.19. The molecule has 2 atom stereocenters. The lowest BCUT2D eigenvalue weighted by Gasteiger charge is -2.45. The van der Waals surface area contributed by atoms with Gasteiger partial charge >= 0.3 is 6.03 Å². The molecule has 2 aliphatic heterocycles. The van der Waals surface area contributed by atoms with Gasteiger partial charge in [0, 0.05) is 45.5 Å². The summed E-state index contributed by atoms with van der Waals surface area (Å²) in [5.74, 6) is 1.03. The summed E-state index contributed by atoms with van der Waals surface area (Å²) >= 11 is 0. The van der Waals surface area contributed by atoms with Crippen LogP contribution in [-0.4, -0.2) is 75.5 Å². The van der Waals surface area contributed by atoms with Gasteiger partial charge in [-0.25, -0.2) is 4.79 Å². The molecule has 0 saturated carbocycles. The first-order valence-corrected chi connectivity index (χ1v) is 9.53. The van der Waals surface area contributed by atoms with E-state index < -0.39 is 0 Å². The monoisotopic (exact) mass is 372 g/mol. The Morgan fingerprint density at radius 2 is 1.85 bits per heavy atom. The van der Waals surface area contributed by atoms with E-state index in [0.29, 0.717) is 30.6 Å². The van der Waals surface area contributed by atoms with Crippen molar-refractivity contribution in [2.75, 3.05) is 65.0 Å². The summed E-state index contributed by atoms with van der Waals surface area (Å²) in [5.41, 5.74) is 1.32. The number of nitriles is 1. The lowest BCUT2D eigenvalue weighted by molar-refractivity contribution is 0.0187. The zero-order valence-electron chi connectivity index (χ0n) is 15.9. The third-order valence-corrected chi connectivity index (χ3v) is 5.19. The Kier molecular flexibility index (Phi) is 7.04. The molecule has 0 aliphatic carbocycles. The highest BCUT2D eigenvalue weighted by Crippen LogP contribution is 2.28. The lowest BCUT2D eigenvalue weighted by atomic mass is 9.85. The number of urea groups is 1. The molecule has 2 amide bonds. The van der Waals surface area contributed by atoms with E-state index in [1.165, 1.54) is 6.42 Å². The maximum Gasteiger partial charge on any atom is 0.321 e. The van der Waals surface area contributed by atoms with Gasteiger partial charge in [0.05, 0.1) is 31.5 Å². The van der Waals surface area contributed by atoms with Gasteiger partial charge in [-0.1, -0.05) is 0 Å². The number of fused-ring (bicyclic) bond motifs is 2. The molecule has 1 aromatic carbocycles. The van der Waals surface area contributed by atoms with E-state index in [1.807, 2.05) is 4.90 Å². The van der Waals surface area contributed by atoms with Crippen LogP contribution in [0, 0.1) is 23.2 Å². The minimum Gasteiger partial charge on any atom is -0.382 e. The molecule has 2 fully saturated rings. The van der Waals surface area contributed by atoms with Crippen molar-refractivity contribution in [3.8, 4) is 6.07 Å². The maximum atomic E-state index is 12.6. The molecule has 27 heavy (non-hydrogen) atoms. The van der Waals surface area contributed by atoms with Crippen LogP contribution < -0.4 is 5.32 Å². The number of piperidine rings is 2. The average molecular weight is 372 g/mol. The number of ether oxygens (including phenoxy) is 2. The summed E-state index contributed by atoms with van der Waals surface area (Å²) in [4.78, 5) is 17.0. The predicted molar refractivity (Wildman–Crippen MR) is 102 cm³/mol. The summed E-state index contributed by atoms with van der Waals surface area (Å²) in [6.45, 7) is 6.56. The van der Waals surface area contributed by atoms with E-state index in [-0.39, 0.29) is 6.03 Å². The Morgan fingerprint density at radius 1 is 1.15 bits per heavy atom. The largest absolute Gasteiger partial charge is 0.382 e. The van der Waals surface area contributed by atoms with Crippen LogP contribution in [0.5, 0.6) is 0 Å². The van der Waals surface area contributed by atoms with Gasteiger partial charge in [-0.05, 0) is 42.5 Å². The van der Waals surface area contributed by atoms with Crippen molar-refractivity contribution in [1.82, 2.24) is 9.80 Å². The number of rotatable bonds is 7. The fourth-order valence-corrected chi connectivity index (χ4v) is 4.00. The van der Waals surface area contributed by atoms with E-state index in [2.05, 4.69) is 16.3 Å². The number of methoxy groups -OCH3 is 1. The van der Waals surface area contributed by atoms with Crippen molar-refractivity contribution >= 4 is 11.7 Å². The van der Waals surface area contributed by atoms with Gasteiger partial charge in [0.25, 0.3) is 0 Å². The van der Waals surface area contributed by atoms with Crippen LogP contribution in [0.3, 0.4) is 0 Å². The molecule has 7 heteroatoms. The molecule has 2 bridgehead atoms. The van der Waals surface area contributed by atoms with Gasteiger partial charge in [-0.3, -0.25) is 0 Å². The molecule has 146 valence electrons. The van der Waals surface area contributed by atoms with Crippen LogP contribution in [0.15, 0.2) is 24.3 Å². The van der Waals surface area contributed by atoms with Crippen LogP contribution in [0.1, 0.15) is 12.0 Å². The zero-order chi connectivity index (χ0) is 19.1. The van der Waals surface area contributed by atoms with Crippen molar-refractivity contribution in [2.24, 2.45) is 11.8 Å². The van der Waals surface area contributed by atoms with Crippen LogP contribution in [0.4, 0.5) is 10.5 Å². The summed E-state index contributed by atoms with van der Waals surface area (Å²) in [6.07, 6.45) is 1.20. The summed E-state index contributed by atoms with van der Waals surface area (Å²) in [5, 5.41) is 11.8. The Bertz CT molecular complexity index is 644. The minimum atomic E-state index is -0.0502. The number of hydrogen-bond acceptors (Lipinski definition) is 5. The average Bonchev–Trinajstić information content (AvgIpc) is 2.67. The van der Waals surface area contributed by atoms with Crippen LogP contribution in [0.2, 0.25) is 0 Å². The SMILES string of the molecule is COCCOCCN1CC2CC(C1)CN(C(=O)Nc1ccc(C#N)cc1)C2. The number of hydrogen-bond donors (Lipinski definition) is 1. The third kappa shape index (κ3) is 5.67. The van der Waals surface area contributed by atoms with Gasteiger partial charge in [-0.2, -0.15) is 5.26 Å². The van der Waals surface area contributed by atoms with E-state index in [0.717, 1.165) is 45.0 Å². The highest BCUT2D eigenvalue weighted by Gasteiger charge is 2.35. The van der Waals surface area contributed by atoms with Crippen molar-refractivity contribution < 1.29 is 14.3 Å². The minimum absolute atomic E-state index is 0.0502. The predicted octanol–water partition coefficient (Wildman–Crippen LogP) is 2.01. The van der Waals surface area contributed by atoms with Crippen LogP contribution in [-0.2, 0) is 9.47 Å². The fraction of sp³-hybridized carbons (Fsp3) is 0.600. The normalized spacial score (nSPS) is 22.3. The molecule has 2 unspecified atom stereocenters. The second-order valence-corrected chi connectivity index (χ2v) is 7.36. The van der Waals surface area contributed by atoms with Gasteiger partial charge in [-0.15, -0.1) is 0 Å². The van der Waals surface area contributed by atoms with E-state index in [9.17, 15) is 4.79 Å². The fourth-order valence-electron chi connectivity index (χ4n) is 4.00. The number of anilines is 1. The summed E-state index contributed by atoms with van der Waals surface area (Å²) < 4.78 is 10.6. The molecule has 3 rings (SSSR count). The Hall–Kier alpha value is -2.14. The second kappa shape index (κ2) is 9.70. The molecule has 0 radical (unpaired) electrons. The topological polar surface area (TPSA) is 77.8 Å². The Morgan fingerprint density at radius 3 is 2.48 bits per heavy atom. The molecule has 1 N–H and O–H groups in total. The second-order valence-electron chi connectivity index (χ2n) is 7.36. The van der Waals surface area contributed by atoms with Gasteiger partial charge in [0.1, 0.15) is 0 Å². The number of amides is 2. The highest BCUT2D eigenvalue weighted by atomic mass is 16.5. The highest BCUT2D eigenvalue weighted by molar-refractivity contribution is 5.89. The molecule has 7 nitrogen and oxygen atoms in total. The van der Waals surface area contributed by atoms with Gasteiger partial charge < -0.3 is 24.6 Å². The molecule has 1 aromatic rings. The van der Waals surface area contributed by atoms with Crippen molar-refractivity contribution in [2.45, 2.75) is 6.42 Å². The number of carbonyl (C=O) groups is 1. The number of nitrogens with one attached hydrogen (secondary N) is 1. The van der Waals surface area contributed by atoms with Gasteiger partial charge in [0.15, 0.2) is 0 Å². The van der Waals surface area contributed by atoms with E-state index in [4.69, 9.17) is 14.7 Å². The van der Waals surface area contributed by atoms with Crippen LogP contribution in [0.25, 0.3) is 0 Å². The smallest absolute Gasteiger partial charge is 0.321 e. The number of likely N-dealkylation sites (tertiary alicyclic amines) is 2. The Labute approximate surface area is 160 Å². The standard InChI is InChI=1S/C20H28N4O3/c1-26-8-9-27-7-6-23-12-17-10-18(13-23)15-24(14-17)20(25)22-19-4-2-16(11-21)3-5-19/h2-5,17-18H,6-10,12-15H2,1H3,(H,22,25). The maximum absolute atomic E-state index is 12.6. The first kappa shape index (κ1) is 19.6. The number of benzene rings is 1. The van der Waals surface area contributed by atoms with Crippen molar-refractivity contribution in [3.05, 3.63) is 29.8 Å². The number of nitrogens with zero attached hydrogens (tertiary/aromatic N) is 3. The van der Waals surface area contributed by atoms with Crippen LogP contribution >= 0.6 is 0 Å². The molecular formula is C20H28N4O3. The zero-order valence-corrected chi connectivity index (χ0v) is 15.9. The molecule has 0 spiro atoms. The quantitative estimate of drug-likeness (QED) is 0.741. The Balaban J connectivity index is 1.45. The molecular weight excluding hydrogens is 344 g/mol. The molecule has 0 aromatic heterocycles. The first-order valence-electron chi connectivity index (χ1n) is 9.53. The van der Waals surface area contributed by atoms with Crippen molar-refractivity contribution in [1.29, 1.82) is 5.26 Å². The summed E-state index contributed by atoms with van der Waals surface area (Å²) in [6, 6.07) is 9.00. The number of carbonyl (C=O) groups excluding carboxylic acids is 1. The summed E-state index contributed by atoms with van der Waals surface area (Å²) in [7, 11) is 1.68. The van der Waals surface area contributed by atoms with Gasteiger partial charge in [0.2, 0.25) is 0 Å². The molecule has 2 saturated heterocycles. The van der Waals surface area contributed by atoms with E-state index in [1.54, 1.807) is 31.4 Å². The van der Waals surface area contributed by atoms with E-state index >= 15 is 0 Å². The molecule has 2 aliphatic rings. The first-order chi connectivity index (χ1) is 13.2.